The van der Waals surface area contributed by atoms with E-state index in [1.807, 2.05) is 60.0 Å². The molecule has 1 unspecified atom stereocenters. The zero-order chi connectivity index (χ0) is 20.8. The van der Waals surface area contributed by atoms with Crippen molar-refractivity contribution in [2.75, 3.05) is 11.9 Å². The Bertz CT molecular complexity index is 1280. The smallest absolute Gasteiger partial charge is 0.340 e. The molecule has 5 rings (SSSR count). The molecule has 7 heteroatoms. The van der Waals surface area contributed by atoms with Crippen molar-refractivity contribution in [3.8, 4) is 5.82 Å². The number of esters is 1. The Labute approximate surface area is 178 Å². The summed E-state index contributed by atoms with van der Waals surface area (Å²) in [5.41, 5.74) is 4.97. The zero-order valence-corrected chi connectivity index (χ0v) is 17.3. The van der Waals surface area contributed by atoms with Gasteiger partial charge in [0.15, 0.2) is 11.0 Å². The van der Waals surface area contributed by atoms with Crippen LogP contribution in [0.1, 0.15) is 40.1 Å². The van der Waals surface area contributed by atoms with Gasteiger partial charge in [-0.15, -0.1) is 0 Å². The number of hydrogen-bond donors (Lipinski definition) is 1. The van der Waals surface area contributed by atoms with Crippen molar-refractivity contribution in [1.82, 2.24) is 14.5 Å². The molecule has 2 aromatic heterocycles. The number of rotatable bonds is 3. The summed E-state index contributed by atoms with van der Waals surface area (Å²) in [7, 11) is 0. The summed E-state index contributed by atoms with van der Waals surface area (Å²) in [6.45, 7) is 4.14. The Morgan fingerprint density at radius 2 is 1.93 bits per heavy atom. The molecule has 150 valence electrons. The van der Waals surface area contributed by atoms with Gasteiger partial charge in [-0.05, 0) is 25.5 Å². The normalized spacial score (nSPS) is 14.7. The topological polar surface area (TPSA) is 69.0 Å². The molecule has 1 aliphatic heterocycles. The number of para-hydroxylation sites is 1. The van der Waals surface area contributed by atoms with E-state index in [1.54, 1.807) is 6.92 Å². The van der Waals surface area contributed by atoms with Gasteiger partial charge in [-0.1, -0.05) is 59.6 Å². The van der Waals surface area contributed by atoms with Gasteiger partial charge in [-0.2, -0.15) is 0 Å². The monoisotopic (exact) mass is 418 g/mol. The van der Waals surface area contributed by atoms with Crippen molar-refractivity contribution in [2.45, 2.75) is 19.9 Å². The van der Waals surface area contributed by atoms with E-state index in [9.17, 15) is 4.79 Å². The average Bonchev–Trinajstić information content (AvgIpc) is 3.10. The number of ether oxygens (including phenoxy) is 1. The highest BCUT2D eigenvalue weighted by Gasteiger charge is 2.36. The minimum Gasteiger partial charge on any atom is -0.462 e. The van der Waals surface area contributed by atoms with Crippen molar-refractivity contribution in [3.05, 3.63) is 82.4 Å². The van der Waals surface area contributed by atoms with Gasteiger partial charge in [-0.25, -0.2) is 14.8 Å². The average molecular weight is 419 g/mol. The SMILES string of the molecule is CCOC(=O)c1c2n(c3ccccc13)-c1ncnc(Cl)c1NC2c1ccc(C)cc1. The van der Waals surface area contributed by atoms with E-state index in [1.165, 1.54) is 6.33 Å². The molecule has 1 atom stereocenters. The van der Waals surface area contributed by atoms with Crippen LogP contribution in [0.15, 0.2) is 54.9 Å². The molecule has 1 N–H and O–H groups in total. The molecule has 1 aliphatic rings. The highest BCUT2D eigenvalue weighted by molar-refractivity contribution is 6.32. The van der Waals surface area contributed by atoms with Crippen LogP contribution in [0.25, 0.3) is 16.7 Å². The van der Waals surface area contributed by atoms with Gasteiger partial charge in [0.05, 0.1) is 29.4 Å². The molecule has 4 aromatic rings. The third-order valence-electron chi connectivity index (χ3n) is 5.36. The Morgan fingerprint density at radius 3 is 2.70 bits per heavy atom. The van der Waals surface area contributed by atoms with Crippen molar-refractivity contribution in [1.29, 1.82) is 0 Å². The van der Waals surface area contributed by atoms with Gasteiger partial charge in [0, 0.05) is 5.39 Å². The number of nitrogens with one attached hydrogen (secondary N) is 1. The fourth-order valence-electron chi connectivity index (χ4n) is 4.04. The van der Waals surface area contributed by atoms with E-state index < -0.39 is 0 Å². The van der Waals surface area contributed by atoms with Crippen molar-refractivity contribution < 1.29 is 9.53 Å². The van der Waals surface area contributed by atoms with E-state index in [-0.39, 0.29) is 12.0 Å². The maximum absolute atomic E-state index is 13.1. The summed E-state index contributed by atoms with van der Waals surface area (Å²) in [5.74, 6) is 0.255. The molecular formula is C23H19ClN4O2. The van der Waals surface area contributed by atoms with Crippen LogP contribution in [0, 0.1) is 6.92 Å². The molecular weight excluding hydrogens is 400 g/mol. The first-order valence-corrected chi connectivity index (χ1v) is 10.1. The number of nitrogens with zero attached hydrogens (tertiary/aromatic N) is 3. The van der Waals surface area contributed by atoms with E-state index in [0.29, 0.717) is 28.8 Å². The predicted octanol–water partition coefficient (Wildman–Crippen LogP) is 5.07. The van der Waals surface area contributed by atoms with Gasteiger partial charge in [0.25, 0.3) is 0 Å². The van der Waals surface area contributed by atoms with E-state index in [0.717, 1.165) is 27.7 Å². The fraction of sp³-hybridized carbons (Fsp3) is 0.174. The number of fused-ring (bicyclic) bond motifs is 5. The molecule has 2 aromatic carbocycles. The number of carbonyl (C=O) groups is 1. The molecule has 0 aliphatic carbocycles. The second-order valence-corrected chi connectivity index (χ2v) is 7.54. The Hall–Kier alpha value is -3.38. The van der Waals surface area contributed by atoms with Crippen LogP contribution >= 0.6 is 11.6 Å². The number of carbonyl (C=O) groups excluding carboxylic acids is 1. The van der Waals surface area contributed by atoms with Gasteiger partial charge < -0.3 is 10.1 Å². The number of aryl methyl sites for hydroxylation is 1. The van der Waals surface area contributed by atoms with Crippen LogP contribution in [0.4, 0.5) is 5.69 Å². The van der Waals surface area contributed by atoms with E-state index in [4.69, 9.17) is 16.3 Å². The number of halogens is 1. The summed E-state index contributed by atoms with van der Waals surface area (Å²) in [4.78, 5) is 21.7. The second-order valence-electron chi connectivity index (χ2n) is 7.18. The maximum atomic E-state index is 13.1. The number of anilines is 1. The lowest BCUT2D eigenvalue weighted by Crippen LogP contribution is -2.26. The Kier molecular flexibility index (Phi) is 4.44. The molecule has 0 radical (unpaired) electrons. The minimum atomic E-state index is -0.357. The van der Waals surface area contributed by atoms with E-state index >= 15 is 0 Å². The molecule has 0 saturated carbocycles. The molecule has 0 saturated heterocycles. The summed E-state index contributed by atoms with van der Waals surface area (Å²) in [6, 6.07) is 15.6. The van der Waals surface area contributed by atoms with Crippen LogP contribution in [0.2, 0.25) is 5.15 Å². The minimum absolute atomic E-state index is 0.297. The molecule has 30 heavy (non-hydrogen) atoms. The summed E-state index contributed by atoms with van der Waals surface area (Å²) in [5, 5.41) is 4.61. The largest absolute Gasteiger partial charge is 0.462 e. The molecule has 6 nitrogen and oxygen atoms in total. The second kappa shape index (κ2) is 7.15. The first kappa shape index (κ1) is 18.6. The molecule has 3 heterocycles. The highest BCUT2D eigenvalue weighted by Crippen LogP contribution is 2.44. The fourth-order valence-corrected chi connectivity index (χ4v) is 4.22. The summed E-state index contributed by atoms with van der Waals surface area (Å²) >= 11 is 6.44. The van der Waals surface area contributed by atoms with E-state index in [2.05, 4.69) is 15.3 Å². The number of aromatic nitrogens is 3. The lowest BCUT2D eigenvalue weighted by Gasteiger charge is -2.30. The van der Waals surface area contributed by atoms with Crippen LogP contribution in [-0.4, -0.2) is 27.1 Å². The highest BCUT2D eigenvalue weighted by atomic mass is 35.5. The number of benzene rings is 2. The van der Waals surface area contributed by atoms with Crippen molar-refractivity contribution >= 4 is 34.2 Å². The Morgan fingerprint density at radius 1 is 1.17 bits per heavy atom. The summed E-state index contributed by atoms with van der Waals surface area (Å²) < 4.78 is 7.43. The van der Waals surface area contributed by atoms with Gasteiger partial charge in [-0.3, -0.25) is 4.57 Å². The van der Waals surface area contributed by atoms with Crippen molar-refractivity contribution in [3.63, 3.8) is 0 Å². The summed E-state index contributed by atoms with van der Waals surface area (Å²) in [6.07, 6.45) is 1.43. The third kappa shape index (κ3) is 2.75. The predicted molar refractivity (Wildman–Crippen MR) is 116 cm³/mol. The first-order chi connectivity index (χ1) is 14.6. The lowest BCUT2D eigenvalue weighted by molar-refractivity contribution is 0.0527. The molecule has 0 spiro atoms. The van der Waals surface area contributed by atoms with Crippen molar-refractivity contribution in [2.24, 2.45) is 0 Å². The van der Waals surface area contributed by atoms with Gasteiger partial charge >= 0.3 is 5.97 Å². The number of hydrogen-bond acceptors (Lipinski definition) is 5. The van der Waals surface area contributed by atoms with Gasteiger partial charge in [0.2, 0.25) is 0 Å². The first-order valence-electron chi connectivity index (χ1n) is 9.74. The van der Waals surface area contributed by atoms with Crippen LogP contribution < -0.4 is 5.32 Å². The molecule has 0 bridgehead atoms. The third-order valence-corrected chi connectivity index (χ3v) is 5.64. The van der Waals surface area contributed by atoms with Gasteiger partial charge in [0.1, 0.15) is 12.0 Å². The molecule has 0 fully saturated rings. The molecule has 0 amide bonds. The Balaban J connectivity index is 1.89. The maximum Gasteiger partial charge on any atom is 0.340 e. The zero-order valence-electron chi connectivity index (χ0n) is 16.5. The quantitative estimate of drug-likeness (QED) is 0.371. The standard InChI is InChI=1S/C23H19ClN4O2/c1-3-30-23(29)17-15-6-4-5-7-16(15)28-20(17)18(14-10-8-13(2)9-11-14)27-19-21(24)25-12-26-22(19)28/h4-12,18,27H,3H2,1-2H3. The van der Waals surface area contributed by atoms with Crippen LogP contribution in [0.5, 0.6) is 0 Å². The van der Waals surface area contributed by atoms with Crippen LogP contribution in [-0.2, 0) is 4.74 Å². The van der Waals surface area contributed by atoms with Crippen LogP contribution in [0.3, 0.4) is 0 Å². The lowest BCUT2D eigenvalue weighted by atomic mass is 9.97.